The van der Waals surface area contributed by atoms with Crippen LogP contribution in [0.25, 0.3) is 0 Å². The second-order valence-corrected chi connectivity index (χ2v) is 11.8. The van der Waals surface area contributed by atoms with Crippen molar-refractivity contribution in [3.05, 3.63) is 28.2 Å². The van der Waals surface area contributed by atoms with Crippen molar-refractivity contribution in [2.45, 2.75) is 35.6 Å². The molecule has 29 heavy (non-hydrogen) atoms. The van der Waals surface area contributed by atoms with Gasteiger partial charge in [-0.15, -0.1) is 11.8 Å². The normalized spacial score (nSPS) is 28.1. The van der Waals surface area contributed by atoms with Crippen LogP contribution in [0.3, 0.4) is 0 Å². The van der Waals surface area contributed by atoms with E-state index in [1.54, 1.807) is 21.6 Å². The molecule has 3 heterocycles. The molecule has 0 unspecified atom stereocenters. The van der Waals surface area contributed by atoms with Crippen LogP contribution in [0, 0.1) is 0 Å². The minimum absolute atomic E-state index is 0.0210. The first-order valence-electron chi connectivity index (χ1n) is 9.34. The number of hydrogen-bond acceptors (Lipinski definition) is 5. The zero-order chi connectivity index (χ0) is 21.0. The van der Waals surface area contributed by atoms with Gasteiger partial charge in [0.1, 0.15) is 10.9 Å². The van der Waals surface area contributed by atoms with Gasteiger partial charge in [0, 0.05) is 43.4 Å². The lowest BCUT2D eigenvalue weighted by Crippen LogP contribution is -2.56. The summed E-state index contributed by atoms with van der Waals surface area (Å²) in [6.07, 6.45) is 1.23. The zero-order valence-electron chi connectivity index (χ0n) is 15.8. The summed E-state index contributed by atoms with van der Waals surface area (Å²) in [6, 6.07) is 3.86. The van der Waals surface area contributed by atoms with Gasteiger partial charge in [0.25, 0.3) is 0 Å². The third kappa shape index (κ3) is 3.65. The molecule has 7 nitrogen and oxygen atoms in total. The molecule has 2 atom stereocenters. The Morgan fingerprint density at radius 3 is 2.59 bits per heavy atom. The molecule has 0 aliphatic carbocycles. The number of halogens is 2. The maximum Gasteiger partial charge on any atom is 0.246 e. The van der Waals surface area contributed by atoms with Crippen LogP contribution >= 0.6 is 35.0 Å². The van der Waals surface area contributed by atoms with E-state index in [1.165, 1.54) is 22.5 Å². The van der Waals surface area contributed by atoms with E-state index in [0.717, 1.165) is 6.42 Å². The number of hydrogen-bond donors (Lipinski definition) is 0. The Kier molecular flexibility index (Phi) is 5.57. The van der Waals surface area contributed by atoms with Gasteiger partial charge in [-0.25, -0.2) is 8.42 Å². The Hall–Kier alpha value is -1.000. The standard InChI is InChI=1S/C18H21Cl2N3O4S2/c1-18-5-4-16(24)23(18)14(11-28-18)17(25)21-6-8-22(9-7-21)29(26,27)15-10-12(19)2-3-13(15)20/h2-3,10,14H,4-9,11H2,1H3/t14-,18+/m0/s1. The molecule has 0 aromatic heterocycles. The minimum atomic E-state index is -3.81. The van der Waals surface area contributed by atoms with Crippen LogP contribution in [0.15, 0.2) is 23.1 Å². The summed E-state index contributed by atoms with van der Waals surface area (Å²) < 4.78 is 27.2. The van der Waals surface area contributed by atoms with Gasteiger partial charge in [-0.2, -0.15) is 4.31 Å². The highest BCUT2D eigenvalue weighted by Gasteiger charge is 2.53. The maximum absolute atomic E-state index is 13.1. The summed E-state index contributed by atoms with van der Waals surface area (Å²) in [5.74, 6) is 0.500. The molecular formula is C18H21Cl2N3O4S2. The van der Waals surface area contributed by atoms with Crippen molar-refractivity contribution in [3.8, 4) is 0 Å². The molecule has 1 aromatic rings. The van der Waals surface area contributed by atoms with Crippen LogP contribution in [0.2, 0.25) is 10.0 Å². The van der Waals surface area contributed by atoms with Gasteiger partial charge < -0.3 is 9.80 Å². The molecule has 0 radical (unpaired) electrons. The molecule has 3 fully saturated rings. The number of thioether (sulfide) groups is 1. The Labute approximate surface area is 184 Å². The van der Waals surface area contributed by atoms with E-state index in [1.807, 2.05) is 6.92 Å². The van der Waals surface area contributed by atoms with Crippen molar-refractivity contribution in [1.82, 2.24) is 14.1 Å². The third-order valence-electron chi connectivity index (χ3n) is 5.79. The number of fused-ring (bicyclic) bond motifs is 1. The highest BCUT2D eigenvalue weighted by Crippen LogP contribution is 2.47. The number of piperazine rings is 1. The topological polar surface area (TPSA) is 78.0 Å². The molecule has 0 spiro atoms. The largest absolute Gasteiger partial charge is 0.338 e. The molecule has 0 bridgehead atoms. The average Bonchev–Trinajstić information content (AvgIpc) is 3.19. The molecular weight excluding hydrogens is 457 g/mol. The Bertz CT molecular complexity index is 966. The molecule has 3 aliphatic heterocycles. The van der Waals surface area contributed by atoms with E-state index in [-0.39, 0.29) is 52.8 Å². The zero-order valence-corrected chi connectivity index (χ0v) is 19.0. The fourth-order valence-electron chi connectivity index (χ4n) is 4.18. The molecule has 1 aromatic carbocycles. The summed E-state index contributed by atoms with van der Waals surface area (Å²) in [7, 11) is -3.81. The second-order valence-electron chi connectivity index (χ2n) is 7.57. The van der Waals surface area contributed by atoms with Crippen LogP contribution in [0.5, 0.6) is 0 Å². The number of amides is 2. The fourth-order valence-corrected chi connectivity index (χ4v) is 7.76. The number of carbonyl (C=O) groups excluding carboxylic acids is 2. The third-order valence-corrected chi connectivity index (χ3v) is 9.91. The summed E-state index contributed by atoms with van der Waals surface area (Å²) >= 11 is 13.7. The molecule has 0 saturated carbocycles. The molecule has 4 rings (SSSR count). The van der Waals surface area contributed by atoms with Crippen LogP contribution < -0.4 is 0 Å². The lowest BCUT2D eigenvalue weighted by Gasteiger charge is -2.37. The SMILES string of the molecule is C[C@@]12CCC(=O)N1[C@H](C(=O)N1CCN(S(=O)(=O)c3cc(Cl)ccc3Cl)CC1)CS2. The van der Waals surface area contributed by atoms with Crippen LogP contribution in [0.1, 0.15) is 19.8 Å². The highest BCUT2D eigenvalue weighted by molar-refractivity contribution is 8.01. The number of nitrogens with zero attached hydrogens (tertiary/aromatic N) is 3. The van der Waals surface area contributed by atoms with Crippen LogP contribution in [-0.4, -0.2) is 77.2 Å². The summed E-state index contributed by atoms with van der Waals surface area (Å²) in [5, 5.41) is 0.404. The van der Waals surface area contributed by atoms with E-state index in [0.29, 0.717) is 17.2 Å². The smallest absolute Gasteiger partial charge is 0.246 e. The van der Waals surface area contributed by atoms with Gasteiger partial charge in [0.05, 0.1) is 9.89 Å². The molecule has 2 amide bonds. The molecule has 158 valence electrons. The van der Waals surface area contributed by atoms with E-state index in [4.69, 9.17) is 23.2 Å². The summed E-state index contributed by atoms with van der Waals surface area (Å²) in [4.78, 5) is 28.4. The summed E-state index contributed by atoms with van der Waals surface area (Å²) in [6.45, 7) is 2.89. The van der Waals surface area contributed by atoms with Crippen molar-refractivity contribution in [3.63, 3.8) is 0 Å². The number of carbonyl (C=O) groups is 2. The first-order chi connectivity index (χ1) is 13.6. The van der Waals surface area contributed by atoms with Gasteiger partial charge in [0.2, 0.25) is 21.8 Å². The van der Waals surface area contributed by atoms with Crippen molar-refractivity contribution in [2.24, 2.45) is 0 Å². The number of rotatable bonds is 3. The highest BCUT2D eigenvalue weighted by atomic mass is 35.5. The van der Waals surface area contributed by atoms with Gasteiger partial charge in [-0.1, -0.05) is 23.2 Å². The van der Waals surface area contributed by atoms with E-state index < -0.39 is 16.1 Å². The molecule has 11 heteroatoms. The lowest BCUT2D eigenvalue weighted by atomic mass is 10.2. The maximum atomic E-state index is 13.1. The second kappa shape index (κ2) is 7.60. The minimum Gasteiger partial charge on any atom is -0.338 e. The van der Waals surface area contributed by atoms with Crippen LogP contribution in [-0.2, 0) is 19.6 Å². The first kappa shape index (κ1) is 21.2. The van der Waals surface area contributed by atoms with Gasteiger partial charge in [-0.05, 0) is 31.5 Å². The van der Waals surface area contributed by atoms with E-state index in [9.17, 15) is 18.0 Å². The summed E-state index contributed by atoms with van der Waals surface area (Å²) in [5.41, 5.74) is 0. The van der Waals surface area contributed by atoms with Crippen molar-refractivity contribution >= 4 is 56.8 Å². The fraction of sp³-hybridized carbons (Fsp3) is 0.556. The molecule has 3 aliphatic rings. The number of benzene rings is 1. The van der Waals surface area contributed by atoms with Crippen molar-refractivity contribution < 1.29 is 18.0 Å². The number of sulfonamides is 1. The van der Waals surface area contributed by atoms with Gasteiger partial charge >= 0.3 is 0 Å². The van der Waals surface area contributed by atoms with E-state index >= 15 is 0 Å². The quantitative estimate of drug-likeness (QED) is 0.666. The Morgan fingerprint density at radius 1 is 1.21 bits per heavy atom. The van der Waals surface area contributed by atoms with Gasteiger partial charge in [0.15, 0.2) is 0 Å². The van der Waals surface area contributed by atoms with Crippen molar-refractivity contribution in [1.29, 1.82) is 0 Å². The molecule has 0 N–H and O–H groups in total. The predicted octanol–water partition coefficient (Wildman–Crippen LogP) is 2.28. The predicted molar refractivity (Wildman–Crippen MR) is 113 cm³/mol. The average molecular weight is 478 g/mol. The Morgan fingerprint density at radius 2 is 1.90 bits per heavy atom. The Balaban J connectivity index is 1.45. The van der Waals surface area contributed by atoms with E-state index in [2.05, 4.69) is 0 Å². The first-order valence-corrected chi connectivity index (χ1v) is 12.5. The van der Waals surface area contributed by atoms with Crippen LogP contribution in [0.4, 0.5) is 0 Å². The molecule has 3 saturated heterocycles. The van der Waals surface area contributed by atoms with Gasteiger partial charge in [-0.3, -0.25) is 9.59 Å². The lowest BCUT2D eigenvalue weighted by molar-refractivity contribution is -0.144. The monoisotopic (exact) mass is 477 g/mol. The van der Waals surface area contributed by atoms with Crippen molar-refractivity contribution in [2.75, 3.05) is 31.9 Å².